The van der Waals surface area contributed by atoms with Gasteiger partial charge in [-0.2, -0.15) is 15.2 Å². The van der Waals surface area contributed by atoms with Gasteiger partial charge < -0.3 is 40.7 Å². The Hall–Kier alpha value is -6.77. The summed E-state index contributed by atoms with van der Waals surface area (Å²) in [7, 11) is 3.16. The molecule has 47 heavy (non-hydrogen) atoms. The predicted molar refractivity (Wildman–Crippen MR) is 161 cm³/mol. The van der Waals surface area contributed by atoms with Crippen LogP contribution in [0.5, 0.6) is 29.3 Å². The lowest BCUT2D eigenvalue weighted by molar-refractivity contribution is -0.387. The summed E-state index contributed by atoms with van der Waals surface area (Å²) in [5.41, 5.74) is 11.2. The van der Waals surface area contributed by atoms with Gasteiger partial charge in [-0.25, -0.2) is 9.78 Å². The monoisotopic (exact) mass is 645 g/mol. The number of anilines is 1. The number of nitro groups is 1. The number of nitrogens with zero attached hydrogens (tertiary/aromatic N) is 6. The number of amides is 2. The van der Waals surface area contributed by atoms with Crippen molar-refractivity contribution >= 4 is 29.2 Å². The Morgan fingerprint density at radius 3 is 2.51 bits per heavy atom. The van der Waals surface area contributed by atoms with Gasteiger partial charge in [0.25, 0.3) is 0 Å². The van der Waals surface area contributed by atoms with Crippen molar-refractivity contribution in [1.29, 1.82) is 5.26 Å². The number of hydrogen-bond acceptors (Lipinski definition) is 13. The number of nitrogen functional groups attached to an aromatic ring is 1. The Kier molecular flexibility index (Phi) is 10.1. The molecule has 0 radical (unpaired) electrons. The van der Waals surface area contributed by atoms with Crippen molar-refractivity contribution in [3.05, 3.63) is 70.0 Å². The molecule has 1 unspecified atom stereocenters. The number of nitrogens with one attached hydrogen (secondary N) is 1. The molecule has 18 nitrogen and oxygen atoms in total. The molecule has 0 spiro atoms. The molecule has 0 aliphatic carbocycles. The zero-order chi connectivity index (χ0) is 34.2. The normalized spacial score (nSPS) is 11.2. The molecule has 0 bridgehead atoms. The van der Waals surface area contributed by atoms with Crippen molar-refractivity contribution in [1.82, 2.24) is 24.8 Å². The zero-order valence-corrected chi connectivity index (χ0v) is 24.9. The van der Waals surface area contributed by atoms with Crippen LogP contribution in [0.25, 0.3) is 11.4 Å². The molecule has 4 rings (SSSR count). The van der Waals surface area contributed by atoms with Crippen LogP contribution in [-0.4, -0.2) is 72.8 Å². The van der Waals surface area contributed by atoms with Gasteiger partial charge in [0.1, 0.15) is 11.6 Å². The number of benzene rings is 2. The van der Waals surface area contributed by atoms with Crippen molar-refractivity contribution in [3.8, 4) is 46.7 Å². The molecule has 0 saturated carbocycles. The first kappa shape index (κ1) is 33.1. The van der Waals surface area contributed by atoms with Crippen molar-refractivity contribution in [3.63, 3.8) is 0 Å². The van der Waals surface area contributed by atoms with Crippen LogP contribution in [0, 0.1) is 21.4 Å². The number of likely N-dealkylation sites (N-methyl/N-ethyl adjacent to an activating group) is 1. The van der Waals surface area contributed by atoms with Crippen molar-refractivity contribution in [2.45, 2.75) is 25.4 Å². The lowest BCUT2D eigenvalue weighted by Crippen LogP contribution is -2.29. The minimum atomic E-state index is -1.81. The molecule has 242 valence electrons. The summed E-state index contributed by atoms with van der Waals surface area (Å²) in [6.07, 6.45) is 0.314. The van der Waals surface area contributed by atoms with Gasteiger partial charge in [-0.3, -0.25) is 19.7 Å². The zero-order valence-electron chi connectivity index (χ0n) is 24.9. The van der Waals surface area contributed by atoms with Crippen molar-refractivity contribution < 1.29 is 38.6 Å². The quantitative estimate of drug-likeness (QED) is 0.0871. The molecule has 0 aliphatic heterocycles. The summed E-state index contributed by atoms with van der Waals surface area (Å²) in [6, 6.07) is 9.91. The second kappa shape index (κ2) is 14.3. The molecule has 0 fully saturated rings. The Bertz CT molecular complexity index is 1870. The molecule has 4 aromatic rings. The van der Waals surface area contributed by atoms with Gasteiger partial charge in [-0.05, 0) is 35.9 Å². The highest BCUT2D eigenvalue weighted by Gasteiger charge is 2.33. The van der Waals surface area contributed by atoms with Gasteiger partial charge in [0, 0.05) is 51.0 Å². The second-order valence-corrected chi connectivity index (χ2v) is 10.0. The fourth-order valence-electron chi connectivity index (χ4n) is 4.01. The van der Waals surface area contributed by atoms with Crippen molar-refractivity contribution in [2.75, 3.05) is 19.8 Å². The minimum absolute atomic E-state index is 0.0336. The van der Waals surface area contributed by atoms with Gasteiger partial charge in [0.2, 0.25) is 11.8 Å². The highest BCUT2D eigenvalue weighted by atomic mass is 16.6. The predicted octanol–water partition coefficient (Wildman–Crippen LogP) is 2.54. The molecule has 18 heteroatoms. The lowest BCUT2D eigenvalue weighted by atomic mass is 10.1. The Labute approximate surface area is 265 Å². The van der Waals surface area contributed by atoms with E-state index in [2.05, 4.69) is 19.9 Å². The van der Waals surface area contributed by atoms with E-state index < -0.39 is 59.2 Å². The van der Waals surface area contributed by atoms with E-state index in [0.717, 1.165) is 0 Å². The maximum absolute atomic E-state index is 12.5. The molecule has 2 amide bonds. The molecule has 2 aromatic carbocycles. The average molecular weight is 646 g/mol. The lowest BCUT2D eigenvalue weighted by Gasteiger charge is -2.16. The Morgan fingerprint density at radius 2 is 1.89 bits per heavy atom. The molecule has 6 N–H and O–H groups in total. The van der Waals surface area contributed by atoms with Crippen LogP contribution in [0.15, 0.2) is 48.8 Å². The number of primary amides is 1. The average Bonchev–Trinajstić information content (AvgIpc) is 3.55. The van der Waals surface area contributed by atoms with E-state index in [0.29, 0.717) is 17.0 Å². The van der Waals surface area contributed by atoms with Crippen LogP contribution >= 0.6 is 0 Å². The topological polar surface area (TPSA) is 276 Å². The van der Waals surface area contributed by atoms with Crippen LogP contribution in [0.3, 0.4) is 0 Å². The SMILES string of the molecule is CN(C)C(=O)Cc1cc(Oc2nc(Oc3cc(C#N)ccc3N)nc(OC(CCC(N)=O)C(=O)O)c2[N+](=O)[O-])cc(-c2ncc[nH]2)c1. The van der Waals surface area contributed by atoms with Gasteiger partial charge in [0.15, 0.2) is 11.9 Å². The minimum Gasteiger partial charge on any atom is -0.479 e. The number of carbonyl (C=O) groups excluding carboxylic acids is 2. The van der Waals surface area contributed by atoms with Gasteiger partial charge in [0.05, 0.1) is 28.7 Å². The molecular weight excluding hydrogens is 618 g/mol. The van der Waals surface area contributed by atoms with Gasteiger partial charge in [-0.1, -0.05) is 0 Å². The van der Waals surface area contributed by atoms with E-state index in [1.165, 1.54) is 41.4 Å². The molecule has 2 aromatic heterocycles. The first-order valence-corrected chi connectivity index (χ1v) is 13.6. The van der Waals surface area contributed by atoms with Crippen LogP contribution in [-0.2, 0) is 20.8 Å². The number of aliphatic carboxylic acids is 1. The number of carboxylic acids is 1. The number of nitriles is 1. The van der Waals surface area contributed by atoms with E-state index in [1.807, 2.05) is 6.07 Å². The summed E-state index contributed by atoms with van der Waals surface area (Å²) in [4.78, 5) is 63.7. The second-order valence-electron chi connectivity index (χ2n) is 10.0. The number of H-pyrrole nitrogens is 1. The highest BCUT2D eigenvalue weighted by molar-refractivity contribution is 5.79. The number of rotatable bonds is 14. The molecule has 2 heterocycles. The summed E-state index contributed by atoms with van der Waals surface area (Å²) in [6.45, 7) is 0. The molecular formula is C29H27N9O9. The smallest absolute Gasteiger partial charge is 0.392 e. The third-order valence-electron chi connectivity index (χ3n) is 6.31. The van der Waals surface area contributed by atoms with Crippen LogP contribution in [0.2, 0.25) is 0 Å². The first-order chi connectivity index (χ1) is 22.3. The number of carbonyl (C=O) groups is 3. The first-order valence-electron chi connectivity index (χ1n) is 13.6. The summed E-state index contributed by atoms with van der Waals surface area (Å²) in [5.74, 6) is -4.03. The van der Waals surface area contributed by atoms with Gasteiger partial charge in [-0.15, -0.1) is 0 Å². The maximum Gasteiger partial charge on any atom is 0.392 e. The number of carboxylic acid groups (broad SMARTS) is 1. The number of ether oxygens (including phenoxy) is 3. The Balaban J connectivity index is 1.87. The summed E-state index contributed by atoms with van der Waals surface area (Å²) in [5, 5.41) is 31.4. The van der Waals surface area contributed by atoms with E-state index in [4.69, 9.17) is 25.7 Å². The number of imidazole rings is 1. The number of nitrogens with two attached hydrogens (primary N) is 2. The van der Waals surface area contributed by atoms with Crippen molar-refractivity contribution in [2.24, 2.45) is 5.73 Å². The van der Waals surface area contributed by atoms with E-state index in [-0.39, 0.29) is 35.1 Å². The fraction of sp³-hybridized carbons (Fsp3) is 0.207. The molecule has 0 aliphatic rings. The molecule has 0 saturated heterocycles. The largest absolute Gasteiger partial charge is 0.479 e. The highest BCUT2D eigenvalue weighted by Crippen LogP contribution is 2.41. The summed E-state index contributed by atoms with van der Waals surface area (Å²) < 4.78 is 17.0. The van der Waals surface area contributed by atoms with Crippen LogP contribution in [0.4, 0.5) is 11.4 Å². The van der Waals surface area contributed by atoms with Crippen LogP contribution in [0.1, 0.15) is 24.0 Å². The van der Waals surface area contributed by atoms with E-state index in [1.54, 1.807) is 26.4 Å². The number of aromatic nitrogens is 4. The molecule has 1 atom stereocenters. The van der Waals surface area contributed by atoms with E-state index >= 15 is 0 Å². The number of aromatic amines is 1. The third kappa shape index (κ3) is 8.45. The summed E-state index contributed by atoms with van der Waals surface area (Å²) >= 11 is 0. The third-order valence-corrected chi connectivity index (χ3v) is 6.31. The maximum atomic E-state index is 12.5. The fourth-order valence-corrected chi connectivity index (χ4v) is 4.01. The van der Waals surface area contributed by atoms with Crippen LogP contribution < -0.4 is 25.7 Å². The van der Waals surface area contributed by atoms with E-state index in [9.17, 15) is 34.9 Å². The standard InChI is InChI=1S/C29H27N9O9/c1-37(2)23(40)12-16-9-17(25-33-7-8-34-25)13-18(10-16)45-26-24(38(43)44)27(46-20(28(41)42)5-6-22(32)39)36-29(35-26)47-21-11-15(14-30)3-4-19(21)31/h3-4,7-11,13,20H,5-6,12,31H2,1-2H3,(H2,32,39)(H,33,34)(H,41,42). The number of hydrogen-bond donors (Lipinski definition) is 4. The van der Waals surface area contributed by atoms with Gasteiger partial charge >= 0.3 is 29.4 Å². The Morgan fingerprint density at radius 1 is 1.15 bits per heavy atom.